The molecule has 0 unspecified atom stereocenters. The van der Waals surface area contributed by atoms with Gasteiger partial charge in [0, 0.05) is 0 Å². The highest BCUT2D eigenvalue weighted by molar-refractivity contribution is 6.05. The Balaban J connectivity index is 2.84. The van der Waals surface area contributed by atoms with Crippen LogP contribution in [0.15, 0.2) is 23.8 Å². The zero-order valence-electron chi connectivity index (χ0n) is 9.10. The van der Waals surface area contributed by atoms with Crippen LogP contribution in [-0.4, -0.2) is 12.3 Å². The van der Waals surface area contributed by atoms with Crippen molar-refractivity contribution < 1.29 is 4.79 Å². The number of carbonyl (C=O) groups excluding carboxylic acids is 1. The molecule has 0 bridgehead atoms. The maximum absolute atomic E-state index is 11.4. The van der Waals surface area contributed by atoms with Crippen LogP contribution in [0.2, 0.25) is 0 Å². The van der Waals surface area contributed by atoms with Gasteiger partial charge in [-0.05, 0) is 42.9 Å². The van der Waals surface area contributed by atoms with E-state index >= 15 is 0 Å². The number of hydrogen-bond donors (Lipinski definition) is 1. The summed E-state index contributed by atoms with van der Waals surface area (Å²) in [6.07, 6.45) is 4.42. The van der Waals surface area contributed by atoms with Crippen molar-refractivity contribution in [3.63, 3.8) is 0 Å². The fraction of sp³-hybridized carbons (Fsp3) is 0.583. The monoisotopic (exact) mass is 193 g/mol. The lowest BCUT2D eigenvalue weighted by Crippen LogP contribution is -2.24. The standard InChI is InChI=1S/C12H19NO/c1-9-8-12(2,3)10(5-4-6-13)7-11(9)14/h7H,1,4-6,8,13H2,2-3H3. The van der Waals surface area contributed by atoms with Gasteiger partial charge in [-0.15, -0.1) is 0 Å². The van der Waals surface area contributed by atoms with E-state index in [4.69, 9.17) is 5.73 Å². The smallest absolute Gasteiger partial charge is 0.181 e. The first kappa shape index (κ1) is 11.2. The number of hydrogen-bond acceptors (Lipinski definition) is 2. The summed E-state index contributed by atoms with van der Waals surface area (Å²) in [5.74, 6) is 0.0938. The molecule has 0 atom stereocenters. The van der Waals surface area contributed by atoms with Crippen molar-refractivity contribution in [2.24, 2.45) is 11.1 Å². The Morgan fingerprint density at radius 1 is 1.57 bits per heavy atom. The Hall–Kier alpha value is -0.890. The van der Waals surface area contributed by atoms with Gasteiger partial charge in [-0.2, -0.15) is 0 Å². The molecule has 0 saturated heterocycles. The summed E-state index contributed by atoms with van der Waals surface area (Å²) in [4.78, 5) is 11.4. The third-order valence-electron chi connectivity index (χ3n) is 2.83. The topological polar surface area (TPSA) is 43.1 Å². The molecule has 2 nitrogen and oxygen atoms in total. The number of carbonyl (C=O) groups is 1. The molecule has 0 saturated carbocycles. The van der Waals surface area contributed by atoms with Gasteiger partial charge in [-0.25, -0.2) is 0 Å². The molecule has 0 fully saturated rings. The van der Waals surface area contributed by atoms with Gasteiger partial charge >= 0.3 is 0 Å². The summed E-state index contributed by atoms with van der Waals surface area (Å²) >= 11 is 0. The molecular weight excluding hydrogens is 174 g/mol. The van der Waals surface area contributed by atoms with E-state index in [1.165, 1.54) is 5.57 Å². The van der Waals surface area contributed by atoms with Gasteiger partial charge in [-0.3, -0.25) is 4.79 Å². The zero-order chi connectivity index (χ0) is 10.8. The minimum Gasteiger partial charge on any atom is -0.330 e. The van der Waals surface area contributed by atoms with E-state index in [1.54, 1.807) is 6.08 Å². The maximum Gasteiger partial charge on any atom is 0.181 e. The van der Waals surface area contributed by atoms with Gasteiger partial charge in [0.2, 0.25) is 0 Å². The summed E-state index contributed by atoms with van der Waals surface area (Å²) < 4.78 is 0. The van der Waals surface area contributed by atoms with Gasteiger partial charge in [0.05, 0.1) is 0 Å². The maximum atomic E-state index is 11.4. The molecule has 78 valence electrons. The van der Waals surface area contributed by atoms with Crippen molar-refractivity contribution in [3.8, 4) is 0 Å². The second-order valence-electron chi connectivity index (χ2n) is 4.59. The molecule has 0 heterocycles. The SMILES string of the molecule is C=C1CC(C)(C)C(CCCN)=CC1=O. The van der Waals surface area contributed by atoms with Crippen molar-refractivity contribution >= 4 is 5.78 Å². The van der Waals surface area contributed by atoms with Crippen LogP contribution in [0.25, 0.3) is 0 Å². The fourth-order valence-corrected chi connectivity index (χ4v) is 1.89. The van der Waals surface area contributed by atoms with Crippen molar-refractivity contribution in [2.75, 3.05) is 6.54 Å². The number of nitrogens with two attached hydrogens (primary N) is 1. The highest BCUT2D eigenvalue weighted by Crippen LogP contribution is 2.39. The number of rotatable bonds is 3. The summed E-state index contributed by atoms with van der Waals surface area (Å²) in [6, 6.07) is 0. The molecule has 14 heavy (non-hydrogen) atoms. The molecule has 1 aliphatic carbocycles. The predicted molar refractivity (Wildman–Crippen MR) is 58.9 cm³/mol. The van der Waals surface area contributed by atoms with Gasteiger partial charge in [0.15, 0.2) is 5.78 Å². The van der Waals surface area contributed by atoms with Crippen LogP contribution in [0.5, 0.6) is 0 Å². The van der Waals surface area contributed by atoms with Crippen LogP contribution < -0.4 is 5.73 Å². The molecule has 1 rings (SSSR count). The Morgan fingerprint density at radius 2 is 2.21 bits per heavy atom. The molecule has 1 aliphatic rings. The molecular formula is C12H19NO. The van der Waals surface area contributed by atoms with Crippen LogP contribution in [0.1, 0.15) is 33.1 Å². The van der Waals surface area contributed by atoms with Crippen LogP contribution in [0.3, 0.4) is 0 Å². The summed E-state index contributed by atoms with van der Waals surface area (Å²) in [5, 5.41) is 0. The van der Waals surface area contributed by atoms with Crippen LogP contribution in [0.4, 0.5) is 0 Å². The average Bonchev–Trinajstić information content (AvgIpc) is 2.08. The highest BCUT2D eigenvalue weighted by atomic mass is 16.1. The van der Waals surface area contributed by atoms with Crippen molar-refractivity contribution in [3.05, 3.63) is 23.8 Å². The minimum absolute atomic E-state index is 0.0835. The van der Waals surface area contributed by atoms with Gasteiger partial charge in [0.1, 0.15) is 0 Å². The second kappa shape index (κ2) is 4.09. The van der Waals surface area contributed by atoms with E-state index in [0.717, 1.165) is 24.8 Å². The van der Waals surface area contributed by atoms with Crippen molar-refractivity contribution in [1.29, 1.82) is 0 Å². The van der Waals surface area contributed by atoms with Gasteiger partial charge < -0.3 is 5.73 Å². The van der Waals surface area contributed by atoms with E-state index in [2.05, 4.69) is 20.4 Å². The Kier molecular flexibility index (Phi) is 3.27. The molecule has 0 aromatic heterocycles. The van der Waals surface area contributed by atoms with E-state index < -0.39 is 0 Å². The van der Waals surface area contributed by atoms with Gasteiger partial charge in [0.25, 0.3) is 0 Å². The Bertz CT molecular complexity index is 287. The first-order valence-electron chi connectivity index (χ1n) is 5.10. The Labute approximate surface area is 85.9 Å². The van der Waals surface area contributed by atoms with Gasteiger partial charge in [-0.1, -0.05) is 26.0 Å². The number of ketones is 1. The lowest BCUT2D eigenvalue weighted by Gasteiger charge is -2.32. The molecule has 0 spiro atoms. The average molecular weight is 193 g/mol. The van der Waals surface area contributed by atoms with E-state index in [1.807, 2.05) is 0 Å². The molecule has 0 aromatic rings. The van der Waals surface area contributed by atoms with Crippen molar-refractivity contribution in [1.82, 2.24) is 0 Å². The third-order valence-corrected chi connectivity index (χ3v) is 2.83. The number of allylic oxidation sites excluding steroid dienone is 3. The van der Waals surface area contributed by atoms with Crippen LogP contribution in [0, 0.1) is 5.41 Å². The molecule has 2 N–H and O–H groups in total. The first-order chi connectivity index (χ1) is 6.47. The molecule has 0 amide bonds. The van der Waals surface area contributed by atoms with E-state index in [-0.39, 0.29) is 11.2 Å². The normalized spacial score (nSPS) is 20.9. The third kappa shape index (κ3) is 2.32. The minimum atomic E-state index is 0.0835. The largest absolute Gasteiger partial charge is 0.330 e. The van der Waals surface area contributed by atoms with Crippen LogP contribution >= 0.6 is 0 Å². The lowest BCUT2D eigenvalue weighted by atomic mass is 9.72. The van der Waals surface area contributed by atoms with E-state index in [0.29, 0.717) is 6.54 Å². The quantitative estimate of drug-likeness (QED) is 0.698. The van der Waals surface area contributed by atoms with Crippen LogP contribution in [-0.2, 0) is 4.79 Å². The predicted octanol–water partition coefficient (Wildman–Crippen LogP) is 2.21. The first-order valence-corrected chi connectivity index (χ1v) is 5.10. The highest BCUT2D eigenvalue weighted by Gasteiger charge is 2.30. The fourth-order valence-electron chi connectivity index (χ4n) is 1.89. The Morgan fingerprint density at radius 3 is 2.79 bits per heavy atom. The second-order valence-corrected chi connectivity index (χ2v) is 4.59. The summed E-state index contributed by atoms with van der Waals surface area (Å²) in [7, 11) is 0. The molecule has 0 aromatic carbocycles. The van der Waals surface area contributed by atoms with E-state index in [9.17, 15) is 4.79 Å². The molecule has 2 heteroatoms. The van der Waals surface area contributed by atoms with Crippen molar-refractivity contribution in [2.45, 2.75) is 33.1 Å². The summed E-state index contributed by atoms with van der Waals surface area (Å²) in [6.45, 7) is 8.79. The summed E-state index contributed by atoms with van der Waals surface area (Å²) in [5.41, 5.74) is 7.50. The molecule has 0 radical (unpaired) electrons. The lowest BCUT2D eigenvalue weighted by molar-refractivity contribution is -0.112. The zero-order valence-corrected chi connectivity index (χ0v) is 9.10. The molecule has 0 aliphatic heterocycles.